The van der Waals surface area contributed by atoms with E-state index in [-0.39, 0.29) is 12.2 Å². The van der Waals surface area contributed by atoms with Gasteiger partial charge in [0, 0.05) is 13.2 Å². The van der Waals surface area contributed by atoms with E-state index in [1.165, 1.54) is 4.68 Å². The molecule has 0 aliphatic rings. The van der Waals surface area contributed by atoms with Crippen molar-refractivity contribution < 1.29 is 9.90 Å². The van der Waals surface area contributed by atoms with Gasteiger partial charge in [-0.15, -0.1) is 10.2 Å². The Morgan fingerprint density at radius 3 is 2.76 bits per heavy atom. The monoisotopic (exact) mass is 285 g/mol. The summed E-state index contributed by atoms with van der Waals surface area (Å²) >= 11 is 0. The lowest BCUT2D eigenvalue weighted by atomic mass is 10.2. The fourth-order valence-electron chi connectivity index (χ4n) is 1.95. The number of carbonyl (C=O) groups is 1. The van der Waals surface area contributed by atoms with Crippen molar-refractivity contribution in [2.24, 2.45) is 7.05 Å². The lowest BCUT2D eigenvalue weighted by Gasteiger charge is -2.04. The van der Waals surface area contributed by atoms with E-state index >= 15 is 0 Å². The summed E-state index contributed by atoms with van der Waals surface area (Å²) in [7, 11) is 1.75. The normalized spacial score (nSPS) is 10.7. The molecule has 21 heavy (non-hydrogen) atoms. The highest BCUT2D eigenvalue weighted by Crippen LogP contribution is 2.20. The fourth-order valence-corrected chi connectivity index (χ4v) is 1.95. The Morgan fingerprint density at radius 2 is 2.14 bits per heavy atom. The van der Waals surface area contributed by atoms with Crippen molar-refractivity contribution in [1.29, 1.82) is 0 Å². The summed E-state index contributed by atoms with van der Waals surface area (Å²) in [6.07, 6.45) is 3.31. The van der Waals surface area contributed by atoms with Crippen molar-refractivity contribution in [3.63, 3.8) is 0 Å². The van der Waals surface area contributed by atoms with Crippen molar-refractivity contribution in [3.05, 3.63) is 42.0 Å². The molecule has 0 amide bonds. The van der Waals surface area contributed by atoms with Crippen LogP contribution >= 0.6 is 0 Å². The number of aromatic carboxylic acids is 1. The van der Waals surface area contributed by atoms with Crippen LogP contribution in [0.2, 0.25) is 0 Å². The Hall–Kier alpha value is -3.10. The zero-order chi connectivity index (χ0) is 14.8. The number of rotatable bonds is 4. The van der Waals surface area contributed by atoms with Gasteiger partial charge in [-0.05, 0) is 12.1 Å². The number of hydrogen-bond donors (Lipinski definition) is 1. The van der Waals surface area contributed by atoms with Crippen molar-refractivity contribution in [2.45, 2.75) is 6.54 Å². The highest BCUT2D eigenvalue weighted by Gasteiger charge is 2.21. The van der Waals surface area contributed by atoms with Gasteiger partial charge in [0.1, 0.15) is 11.4 Å². The Bertz CT molecular complexity index is 778. The number of nitrogens with zero attached hydrogens (tertiary/aromatic N) is 7. The van der Waals surface area contributed by atoms with Crippen LogP contribution in [0.4, 0.5) is 0 Å². The van der Waals surface area contributed by atoms with Crippen LogP contribution in [0, 0.1) is 0 Å². The van der Waals surface area contributed by atoms with Gasteiger partial charge >= 0.3 is 5.97 Å². The van der Waals surface area contributed by atoms with E-state index < -0.39 is 5.97 Å². The smallest absolute Gasteiger partial charge is 0.358 e. The first-order chi connectivity index (χ1) is 10.1. The maximum atomic E-state index is 11.3. The zero-order valence-electron chi connectivity index (χ0n) is 11.1. The number of aromatic nitrogens is 7. The minimum absolute atomic E-state index is 0.141. The standard InChI is InChI=1S/C12H11N7O2/c1-18-6-8(14-16-18)7-19-11(9-4-2-3-5-13-9)10(12(20)21)15-17-19/h2-6H,7H2,1H3,(H,20,21). The first-order valence-electron chi connectivity index (χ1n) is 6.08. The van der Waals surface area contributed by atoms with Gasteiger partial charge in [-0.2, -0.15) is 0 Å². The Kier molecular flexibility index (Phi) is 3.14. The topological polar surface area (TPSA) is 112 Å². The van der Waals surface area contributed by atoms with Crippen LogP contribution in [0.15, 0.2) is 30.6 Å². The van der Waals surface area contributed by atoms with Gasteiger partial charge < -0.3 is 5.11 Å². The molecule has 3 rings (SSSR count). The van der Waals surface area contributed by atoms with Crippen LogP contribution in [0.3, 0.4) is 0 Å². The van der Waals surface area contributed by atoms with Gasteiger partial charge in [-0.3, -0.25) is 9.67 Å². The van der Waals surface area contributed by atoms with Gasteiger partial charge in [0.25, 0.3) is 0 Å². The SMILES string of the molecule is Cn1cc(Cn2nnc(C(=O)O)c2-c2ccccn2)nn1. The molecule has 0 fully saturated rings. The molecule has 0 aliphatic carbocycles. The molecule has 9 nitrogen and oxygen atoms in total. The molecule has 0 saturated carbocycles. The van der Waals surface area contributed by atoms with Crippen LogP contribution in [0.1, 0.15) is 16.2 Å². The van der Waals surface area contributed by atoms with E-state index in [2.05, 4.69) is 25.6 Å². The van der Waals surface area contributed by atoms with Crippen molar-refractivity contribution in [3.8, 4) is 11.4 Å². The summed E-state index contributed by atoms with van der Waals surface area (Å²) in [6, 6.07) is 5.23. The first-order valence-corrected chi connectivity index (χ1v) is 6.08. The molecule has 9 heteroatoms. The average Bonchev–Trinajstić information content (AvgIpc) is 3.07. The molecule has 106 valence electrons. The van der Waals surface area contributed by atoms with Gasteiger partial charge in [0.15, 0.2) is 5.69 Å². The third-order valence-electron chi connectivity index (χ3n) is 2.81. The molecule has 0 atom stereocenters. The number of carboxylic acids is 1. The van der Waals surface area contributed by atoms with Crippen LogP contribution in [0.25, 0.3) is 11.4 Å². The molecule has 1 N–H and O–H groups in total. The van der Waals surface area contributed by atoms with Crippen molar-refractivity contribution in [1.82, 2.24) is 35.0 Å². The number of carboxylic acid groups (broad SMARTS) is 1. The zero-order valence-corrected chi connectivity index (χ0v) is 11.1. The lowest BCUT2D eigenvalue weighted by Crippen LogP contribution is -2.07. The van der Waals surface area contributed by atoms with Crippen LogP contribution in [-0.4, -0.2) is 46.0 Å². The highest BCUT2D eigenvalue weighted by molar-refractivity contribution is 5.92. The highest BCUT2D eigenvalue weighted by atomic mass is 16.4. The maximum absolute atomic E-state index is 11.3. The fraction of sp³-hybridized carbons (Fsp3) is 0.167. The molecule has 3 aromatic rings. The minimum Gasteiger partial charge on any atom is -0.476 e. The second kappa shape index (κ2) is 5.12. The molecule has 0 spiro atoms. The molecule has 3 aromatic heterocycles. The summed E-state index contributed by atoms with van der Waals surface area (Å²) < 4.78 is 3.01. The van der Waals surface area contributed by atoms with Crippen LogP contribution in [-0.2, 0) is 13.6 Å². The molecule has 0 saturated heterocycles. The van der Waals surface area contributed by atoms with Crippen molar-refractivity contribution >= 4 is 5.97 Å². The third-order valence-corrected chi connectivity index (χ3v) is 2.81. The summed E-state index contributed by atoms with van der Waals surface area (Å²) in [5.41, 5.74) is 1.34. The van der Waals surface area contributed by atoms with Crippen LogP contribution < -0.4 is 0 Å². The second-order valence-electron chi connectivity index (χ2n) is 4.35. The molecule has 0 bridgehead atoms. The minimum atomic E-state index is -1.15. The van der Waals surface area contributed by atoms with E-state index in [0.717, 1.165) is 0 Å². The predicted octanol–water partition coefficient (Wildman–Crippen LogP) is 0.215. The Labute approximate surface area is 118 Å². The maximum Gasteiger partial charge on any atom is 0.358 e. The van der Waals surface area contributed by atoms with E-state index in [0.29, 0.717) is 17.1 Å². The predicted molar refractivity (Wildman–Crippen MR) is 70.3 cm³/mol. The van der Waals surface area contributed by atoms with E-state index in [1.54, 1.807) is 42.3 Å². The summed E-state index contributed by atoms with van der Waals surface area (Å²) in [6.45, 7) is 0.264. The van der Waals surface area contributed by atoms with E-state index in [1.807, 2.05) is 0 Å². The average molecular weight is 285 g/mol. The summed E-state index contributed by atoms with van der Waals surface area (Å²) in [5.74, 6) is -1.15. The molecular weight excluding hydrogens is 274 g/mol. The molecule has 0 aromatic carbocycles. The van der Waals surface area contributed by atoms with Gasteiger partial charge in [-0.25, -0.2) is 9.48 Å². The van der Waals surface area contributed by atoms with Gasteiger partial charge in [0.05, 0.1) is 18.4 Å². The van der Waals surface area contributed by atoms with E-state index in [4.69, 9.17) is 0 Å². The molecular formula is C12H11N7O2. The number of pyridine rings is 1. The largest absolute Gasteiger partial charge is 0.476 e. The van der Waals surface area contributed by atoms with Crippen LogP contribution in [0.5, 0.6) is 0 Å². The number of hydrogen-bond acceptors (Lipinski definition) is 6. The quantitative estimate of drug-likeness (QED) is 0.729. The Morgan fingerprint density at radius 1 is 1.29 bits per heavy atom. The first kappa shape index (κ1) is 12.9. The summed E-state index contributed by atoms with van der Waals surface area (Å²) in [5, 5.41) is 24.6. The lowest BCUT2D eigenvalue weighted by molar-refractivity contribution is 0.0691. The molecule has 0 aliphatic heterocycles. The second-order valence-corrected chi connectivity index (χ2v) is 4.35. The molecule has 0 unspecified atom stereocenters. The molecule has 3 heterocycles. The molecule has 0 radical (unpaired) electrons. The van der Waals surface area contributed by atoms with Crippen molar-refractivity contribution in [2.75, 3.05) is 0 Å². The van der Waals surface area contributed by atoms with Gasteiger partial charge in [0.2, 0.25) is 0 Å². The van der Waals surface area contributed by atoms with E-state index in [9.17, 15) is 9.90 Å². The Balaban J connectivity index is 2.07. The number of aryl methyl sites for hydroxylation is 1. The summed E-state index contributed by atoms with van der Waals surface area (Å²) in [4.78, 5) is 15.5. The third kappa shape index (κ3) is 2.48. The van der Waals surface area contributed by atoms with Gasteiger partial charge in [-0.1, -0.05) is 16.5 Å².